The van der Waals surface area contributed by atoms with Crippen molar-refractivity contribution in [3.05, 3.63) is 76.3 Å². The number of ether oxygens (including phenoxy) is 1. The summed E-state index contributed by atoms with van der Waals surface area (Å²) in [6.07, 6.45) is 3.27. The Labute approximate surface area is 147 Å². The Balaban J connectivity index is 1.61. The van der Waals surface area contributed by atoms with Crippen LogP contribution in [0.4, 0.5) is 8.78 Å². The van der Waals surface area contributed by atoms with Gasteiger partial charge in [-0.2, -0.15) is 8.78 Å². The van der Waals surface area contributed by atoms with E-state index in [9.17, 15) is 18.4 Å². The highest BCUT2D eigenvalue weighted by Gasteiger charge is 2.12. The summed E-state index contributed by atoms with van der Waals surface area (Å²) in [4.78, 5) is 28.6. The summed E-state index contributed by atoms with van der Waals surface area (Å²) < 4.78 is 29.8. The van der Waals surface area contributed by atoms with Crippen molar-refractivity contribution in [2.75, 3.05) is 6.54 Å². The number of alkyl halides is 2. The minimum atomic E-state index is -2.87. The number of rotatable bonds is 6. The van der Waals surface area contributed by atoms with Crippen molar-refractivity contribution in [3.8, 4) is 5.75 Å². The van der Waals surface area contributed by atoms with Gasteiger partial charge in [-0.05, 0) is 36.2 Å². The molecule has 0 unspecified atom stereocenters. The van der Waals surface area contributed by atoms with Crippen molar-refractivity contribution in [1.82, 2.24) is 14.7 Å². The van der Waals surface area contributed by atoms with Crippen LogP contribution in [-0.2, 0) is 6.42 Å². The van der Waals surface area contributed by atoms with E-state index >= 15 is 0 Å². The fraction of sp³-hybridized carbons (Fsp3) is 0.167. The third kappa shape index (κ3) is 4.02. The maximum Gasteiger partial charge on any atom is 0.387 e. The van der Waals surface area contributed by atoms with Crippen molar-refractivity contribution in [2.24, 2.45) is 0 Å². The Kier molecular flexibility index (Phi) is 5.21. The smallest absolute Gasteiger partial charge is 0.387 e. The fourth-order valence-corrected chi connectivity index (χ4v) is 2.44. The van der Waals surface area contributed by atoms with E-state index in [0.717, 1.165) is 5.56 Å². The van der Waals surface area contributed by atoms with E-state index < -0.39 is 18.1 Å². The summed E-state index contributed by atoms with van der Waals surface area (Å²) in [5.41, 5.74) is 0.802. The lowest BCUT2D eigenvalue weighted by molar-refractivity contribution is -0.0498. The van der Waals surface area contributed by atoms with E-state index in [2.05, 4.69) is 15.0 Å². The highest BCUT2D eigenvalue weighted by atomic mass is 19.3. The molecule has 3 aromatic rings. The number of aromatic nitrogens is 2. The molecule has 1 aromatic carbocycles. The minimum absolute atomic E-state index is 0.0469. The van der Waals surface area contributed by atoms with Gasteiger partial charge in [0.1, 0.15) is 17.0 Å². The molecule has 0 saturated carbocycles. The molecule has 3 rings (SSSR count). The number of hydrogen-bond acceptors (Lipinski definition) is 4. The first-order chi connectivity index (χ1) is 12.5. The summed E-state index contributed by atoms with van der Waals surface area (Å²) >= 11 is 0. The molecule has 26 heavy (non-hydrogen) atoms. The third-order valence-corrected chi connectivity index (χ3v) is 3.71. The number of halogens is 2. The van der Waals surface area contributed by atoms with Crippen molar-refractivity contribution >= 4 is 11.6 Å². The van der Waals surface area contributed by atoms with Gasteiger partial charge in [0.2, 0.25) is 0 Å². The largest absolute Gasteiger partial charge is 0.435 e. The van der Waals surface area contributed by atoms with Crippen LogP contribution in [0.3, 0.4) is 0 Å². The van der Waals surface area contributed by atoms with Crippen LogP contribution in [0.1, 0.15) is 15.9 Å². The zero-order chi connectivity index (χ0) is 18.5. The molecule has 0 aliphatic rings. The van der Waals surface area contributed by atoms with Crippen molar-refractivity contribution < 1.29 is 18.3 Å². The van der Waals surface area contributed by atoms with Gasteiger partial charge in [-0.25, -0.2) is 4.98 Å². The fourth-order valence-electron chi connectivity index (χ4n) is 2.44. The quantitative estimate of drug-likeness (QED) is 0.733. The highest BCUT2D eigenvalue weighted by molar-refractivity contribution is 5.93. The number of benzene rings is 1. The zero-order valence-corrected chi connectivity index (χ0v) is 13.6. The molecule has 0 bridgehead atoms. The van der Waals surface area contributed by atoms with E-state index in [1.807, 2.05) is 0 Å². The van der Waals surface area contributed by atoms with Crippen LogP contribution in [0.5, 0.6) is 5.75 Å². The standard InChI is InChI=1S/C18H15F2N3O3/c19-18(20)26-13-6-4-12(5-7-13)8-9-21-16(24)14-11-22-15-3-1-2-10-23(15)17(14)25/h1-7,10-11,18H,8-9H2,(H,21,24). The second-order valence-corrected chi connectivity index (χ2v) is 5.43. The van der Waals surface area contributed by atoms with E-state index in [0.29, 0.717) is 12.1 Å². The van der Waals surface area contributed by atoms with Crippen molar-refractivity contribution in [1.29, 1.82) is 0 Å². The molecule has 1 amide bonds. The van der Waals surface area contributed by atoms with E-state index in [-0.39, 0.29) is 17.9 Å². The molecule has 0 spiro atoms. The molecular weight excluding hydrogens is 344 g/mol. The molecule has 0 aliphatic carbocycles. The van der Waals surface area contributed by atoms with Crippen LogP contribution in [0.25, 0.3) is 5.65 Å². The van der Waals surface area contributed by atoms with Crippen LogP contribution in [0, 0.1) is 0 Å². The van der Waals surface area contributed by atoms with Crippen LogP contribution in [-0.4, -0.2) is 28.4 Å². The molecule has 8 heteroatoms. The number of nitrogens with one attached hydrogen (secondary N) is 1. The lowest BCUT2D eigenvalue weighted by atomic mass is 10.1. The predicted molar refractivity (Wildman–Crippen MR) is 90.6 cm³/mol. The van der Waals surface area contributed by atoms with E-state index in [4.69, 9.17) is 0 Å². The monoisotopic (exact) mass is 359 g/mol. The summed E-state index contributed by atoms with van der Waals surface area (Å²) in [6, 6.07) is 11.2. The van der Waals surface area contributed by atoms with Gasteiger partial charge in [0.15, 0.2) is 0 Å². The first kappa shape index (κ1) is 17.5. The van der Waals surface area contributed by atoms with Gasteiger partial charge < -0.3 is 10.1 Å². The summed E-state index contributed by atoms with van der Waals surface area (Å²) in [7, 11) is 0. The molecular formula is C18H15F2N3O3. The van der Waals surface area contributed by atoms with E-state index in [1.54, 1.807) is 36.5 Å². The average Bonchev–Trinajstić information content (AvgIpc) is 2.63. The summed E-state index contributed by atoms with van der Waals surface area (Å²) in [5, 5.41) is 2.66. The maximum absolute atomic E-state index is 12.3. The molecule has 0 atom stereocenters. The summed E-state index contributed by atoms with van der Waals surface area (Å²) in [5.74, 6) is -0.443. The van der Waals surface area contributed by atoms with Crippen LogP contribution >= 0.6 is 0 Å². The number of hydrogen-bond donors (Lipinski definition) is 1. The van der Waals surface area contributed by atoms with Gasteiger partial charge >= 0.3 is 6.61 Å². The molecule has 2 aromatic heterocycles. The van der Waals surface area contributed by atoms with Crippen LogP contribution in [0.2, 0.25) is 0 Å². The number of nitrogens with zero attached hydrogens (tertiary/aromatic N) is 2. The van der Waals surface area contributed by atoms with Gasteiger partial charge in [-0.15, -0.1) is 0 Å². The van der Waals surface area contributed by atoms with Gasteiger partial charge in [-0.3, -0.25) is 14.0 Å². The SMILES string of the molecule is O=C(NCCc1ccc(OC(F)F)cc1)c1cnc2ccccn2c1=O. The van der Waals surface area contributed by atoms with Crippen molar-refractivity contribution in [3.63, 3.8) is 0 Å². The molecule has 134 valence electrons. The molecule has 1 N–H and O–H groups in total. The molecule has 0 saturated heterocycles. The molecule has 0 radical (unpaired) electrons. The number of amides is 1. The zero-order valence-electron chi connectivity index (χ0n) is 13.6. The van der Waals surface area contributed by atoms with Crippen LogP contribution in [0.15, 0.2) is 59.7 Å². The van der Waals surface area contributed by atoms with Crippen molar-refractivity contribution in [2.45, 2.75) is 13.0 Å². The molecule has 6 nitrogen and oxygen atoms in total. The molecule has 0 aliphatic heterocycles. The van der Waals surface area contributed by atoms with Gasteiger partial charge in [-0.1, -0.05) is 18.2 Å². The highest BCUT2D eigenvalue weighted by Crippen LogP contribution is 2.15. The number of carbonyl (C=O) groups is 1. The first-order valence-electron chi connectivity index (χ1n) is 7.83. The number of carbonyl (C=O) groups excluding carboxylic acids is 1. The van der Waals surface area contributed by atoms with Gasteiger partial charge in [0, 0.05) is 18.9 Å². The van der Waals surface area contributed by atoms with Gasteiger partial charge in [0.25, 0.3) is 11.5 Å². The number of pyridine rings is 1. The maximum atomic E-state index is 12.3. The number of fused-ring (bicyclic) bond motifs is 1. The van der Waals surface area contributed by atoms with Crippen LogP contribution < -0.4 is 15.6 Å². The Morgan fingerprint density at radius 2 is 1.96 bits per heavy atom. The molecule has 2 heterocycles. The topological polar surface area (TPSA) is 72.7 Å². The lowest BCUT2D eigenvalue weighted by Crippen LogP contribution is -2.32. The lowest BCUT2D eigenvalue weighted by Gasteiger charge is -2.07. The third-order valence-electron chi connectivity index (χ3n) is 3.71. The minimum Gasteiger partial charge on any atom is -0.435 e. The summed E-state index contributed by atoms with van der Waals surface area (Å²) in [6.45, 7) is -2.58. The molecule has 0 fully saturated rings. The normalized spacial score (nSPS) is 10.9. The second-order valence-electron chi connectivity index (χ2n) is 5.43. The Hall–Kier alpha value is -3.29. The second kappa shape index (κ2) is 7.73. The Morgan fingerprint density at radius 1 is 1.19 bits per heavy atom. The predicted octanol–water partition coefficient (Wildman–Crippen LogP) is 2.27. The van der Waals surface area contributed by atoms with E-state index in [1.165, 1.54) is 22.7 Å². The Morgan fingerprint density at radius 3 is 2.69 bits per heavy atom. The first-order valence-corrected chi connectivity index (χ1v) is 7.83. The Bertz CT molecular complexity index is 971. The van der Waals surface area contributed by atoms with Gasteiger partial charge in [0.05, 0.1) is 0 Å². The average molecular weight is 359 g/mol.